The smallest absolute Gasteiger partial charge is 0.216 e. The van der Waals surface area contributed by atoms with Crippen LogP contribution in [0.3, 0.4) is 0 Å². The predicted octanol–water partition coefficient (Wildman–Crippen LogP) is 10.8. The first-order valence-electron chi connectivity index (χ1n) is 17.3. The molecule has 0 N–H and O–H groups in total. The van der Waals surface area contributed by atoms with E-state index in [1.807, 2.05) is 42.6 Å². The van der Waals surface area contributed by atoms with Gasteiger partial charge in [-0.05, 0) is 58.9 Å². The molecule has 48 heavy (non-hydrogen) atoms. The van der Waals surface area contributed by atoms with Crippen molar-refractivity contribution in [1.82, 2.24) is 15.0 Å². The van der Waals surface area contributed by atoms with Crippen LogP contribution >= 0.6 is 0 Å². The molecule has 4 nitrogen and oxygen atoms in total. The number of nitrogens with zero attached hydrogens (tertiary/aromatic N) is 3. The normalized spacial score (nSPS) is 14.4. The molecule has 0 aliphatic heterocycles. The van der Waals surface area contributed by atoms with Crippen molar-refractivity contribution in [3.63, 3.8) is 0 Å². The second-order valence-electron chi connectivity index (χ2n) is 14.5. The van der Waals surface area contributed by atoms with E-state index in [1.165, 1.54) is 44.1 Å². The minimum Gasteiger partial charge on any atom is -0.486 e. The molecule has 6 aromatic rings. The molecule has 1 fully saturated rings. The zero-order valence-electron chi connectivity index (χ0n) is 29.1. The van der Waals surface area contributed by atoms with Gasteiger partial charge < -0.3 is 14.4 Å². The number of rotatable bonds is 7. The van der Waals surface area contributed by atoms with Crippen LogP contribution in [-0.2, 0) is 26.5 Å². The van der Waals surface area contributed by atoms with Gasteiger partial charge in [-0.3, -0.25) is 0 Å². The van der Waals surface area contributed by atoms with Crippen LogP contribution in [0.4, 0.5) is 0 Å². The summed E-state index contributed by atoms with van der Waals surface area (Å²) in [6.45, 7) is 14.0. The van der Waals surface area contributed by atoms with Crippen molar-refractivity contribution >= 4 is 35.3 Å². The van der Waals surface area contributed by atoms with Crippen molar-refractivity contribution in [2.24, 2.45) is 11.8 Å². The molecule has 1 radical (unpaired) electrons. The van der Waals surface area contributed by atoms with Crippen LogP contribution in [0.15, 0.2) is 89.7 Å². The van der Waals surface area contributed by atoms with Gasteiger partial charge in [0, 0.05) is 44.1 Å². The van der Waals surface area contributed by atoms with Crippen LogP contribution in [0.5, 0.6) is 0 Å². The summed E-state index contributed by atoms with van der Waals surface area (Å²) in [5, 5.41) is 3.62. The van der Waals surface area contributed by atoms with Crippen LogP contribution in [0.25, 0.3) is 44.6 Å². The van der Waals surface area contributed by atoms with E-state index in [4.69, 9.17) is 9.40 Å². The first-order chi connectivity index (χ1) is 22.7. The van der Waals surface area contributed by atoms with E-state index in [0.29, 0.717) is 17.5 Å². The second kappa shape index (κ2) is 15.8. The number of furan rings is 1. The molecule has 0 saturated heterocycles. The molecule has 4 aromatic heterocycles. The molecule has 1 unspecified atom stereocenters. The maximum Gasteiger partial charge on any atom is 0.216 e. The van der Waals surface area contributed by atoms with Crippen molar-refractivity contribution in [2.75, 3.05) is 0 Å². The Morgan fingerprint density at radius 2 is 1.62 bits per heavy atom. The average molecular weight is 830 g/mol. The Kier molecular flexibility index (Phi) is 11.8. The van der Waals surface area contributed by atoms with Crippen molar-refractivity contribution in [1.29, 1.82) is 0 Å². The summed E-state index contributed by atoms with van der Waals surface area (Å²) >= 11 is 0. The molecule has 6 heteroatoms. The third kappa shape index (κ3) is 8.22. The van der Waals surface area contributed by atoms with Gasteiger partial charge >= 0.3 is 0 Å². The van der Waals surface area contributed by atoms with Gasteiger partial charge in [0.15, 0.2) is 0 Å². The van der Waals surface area contributed by atoms with E-state index < -0.39 is 8.07 Å². The quantitative estimate of drug-likeness (QED) is 0.119. The van der Waals surface area contributed by atoms with Gasteiger partial charge in [-0.15, -0.1) is 54.1 Å². The van der Waals surface area contributed by atoms with E-state index in [1.54, 1.807) is 16.9 Å². The number of aromatic nitrogens is 3. The van der Waals surface area contributed by atoms with Crippen LogP contribution < -0.4 is 5.19 Å². The molecule has 0 spiro atoms. The van der Waals surface area contributed by atoms with Crippen LogP contribution in [0, 0.1) is 24.0 Å². The number of benzene rings is 2. The first kappa shape index (κ1) is 35.9. The molecule has 1 atom stereocenters. The third-order valence-electron chi connectivity index (χ3n) is 9.79. The van der Waals surface area contributed by atoms with Crippen LogP contribution in [0.2, 0.25) is 19.6 Å². The predicted molar refractivity (Wildman–Crippen MR) is 199 cm³/mol. The molecular formula is C42H47IrN3OSi-2. The fourth-order valence-electron chi connectivity index (χ4n) is 6.76. The summed E-state index contributed by atoms with van der Waals surface area (Å²) in [4.78, 5) is 13.7. The number of pyridine rings is 3. The summed E-state index contributed by atoms with van der Waals surface area (Å²) in [7, 11) is -1.36. The van der Waals surface area contributed by atoms with Gasteiger partial charge in [0.05, 0.1) is 13.7 Å². The molecule has 0 bridgehead atoms. The average Bonchev–Trinajstić information content (AvgIpc) is 3.48. The molecular weight excluding hydrogens is 783 g/mol. The number of fused-ring (bicyclic) bond motifs is 3. The number of hydrogen-bond acceptors (Lipinski definition) is 4. The van der Waals surface area contributed by atoms with E-state index in [-0.39, 0.29) is 20.1 Å². The zero-order valence-corrected chi connectivity index (χ0v) is 32.5. The van der Waals surface area contributed by atoms with Crippen molar-refractivity contribution in [2.45, 2.75) is 84.9 Å². The van der Waals surface area contributed by atoms with Gasteiger partial charge in [-0.1, -0.05) is 107 Å². The summed E-state index contributed by atoms with van der Waals surface area (Å²) in [5.74, 6) is 1.92. The summed E-state index contributed by atoms with van der Waals surface area (Å²) < 4.78 is 6.00. The Hall–Kier alpha value is -3.44. The van der Waals surface area contributed by atoms with Gasteiger partial charge in [0.25, 0.3) is 0 Å². The largest absolute Gasteiger partial charge is 0.486 e. The SMILES string of the molecule is CC(C)C(C)c1ccnc(-c2[c-]ccc3c2oc2ncccc23)c1.C[Si](C)(C)c1cnc(-c2[c-]cccc2)cc1CC1CCCCC1.[Ir]. The Morgan fingerprint density at radius 3 is 2.35 bits per heavy atom. The summed E-state index contributed by atoms with van der Waals surface area (Å²) in [5.41, 5.74) is 8.27. The van der Waals surface area contributed by atoms with Crippen molar-refractivity contribution < 1.29 is 24.5 Å². The monoisotopic (exact) mass is 830 g/mol. The van der Waals surface area contributed by atoms with Gasteiger partial charge in [-0.25, -0.2) is 4.98 Å². The fourth-order valence-corrected chi connectivity index (χ4v) is 8.35. The van der Waals surface area contributed by atoms with Crippen LogP contribution in [-0.4, -0.2) is 23.0 Å². The van der Waals surface area contributed by atoms with E-state index in [9.17, 15) is 0 Å². The van der Waals surface area contributed by atoms with Gasteiger partial charge in [0.2, 0.25) is 5.71 Å². The minimum absolute atomic E-state index is 0. The third-order valence-corrected chi connectivity index (χ3v) is 11.9. The molecule has 251 valence electrons. The van der Waals surface area contributed by atoms with E-state index >= 15 is 0 Å². The molecule has 1 aliphatic carbocycles. The topological polar surface area (TPSA) is 51.8 Å². The standard InChI is InChI=1S/C21H19N2O.C21H28NSi.Ir/c1-13(2)14(3)15-9-11-22-19(12-15)18-7-4-6-16-17-8-5-10-23-21(17)24-20(16)18;1-23(2,3)21-16-22-20(18-12-8-5-9-13-18)15-19(21)14-17-10-6-4-7-11-17;/h4-6,8-14H,1-3H3;5,8-9,12,15-17H,4,6-7,10-11,14H2,1-3H3;/q2*-1;. The number of hydrogen-bond donors (Lipinski definition) is 0. The van der Waals surface area contributed by atoms with E-state index in [2.05, 4.69) is 99.0 Å². The van der Waals surface area contributed by atoms with E-state index in [0.717, 1.165) is 44.8 Å². The molecule has 4 heterocycles. The molecule has 7 rings (SSSR count). The van der Waals surface area contributed by atoms with Crippen molar-refractivity contribution in [3.8, 4) is 22.5 Å². The molecule has 1 saturated carbocycles. The molecule has 2 aromatic carbocycles. The maximum absolute atomic E-state index is 6.00. The van der Waals surface area contributed by atoms with Gasteiger partial charge in [-0.2, -0.15) is 0 Å². The Bertz CT molecular complexity index is 1940. The van der Waals surface area contributed by atoms with Crippen LogP contribution in [0.1, 0.15) is 69.9 Å². The van der Waals surface area contributed by atoms with Crippen molar-refractivity contribution in [3.05, 3.63) is 109 Å². The second-order valence-corrected chi connectivity index (χ2v) is 19.6. The minimum atomic E-state index is -1.36. The summed E-state index contributed by atoms with van der Waals surface area (Å²) in [6.07, 6.45) is 14.1. The maximum atomic E-state index is 6.00. The fraction of sp³-hybridized carbons (Fsp3) is 0.357. The zero-order chi connectivity index (χ0) is 33.0. The Balaban J connectivity index is 0.000000184. The molecule has 0 amide bonds. The first-order valence-corrected chi connectivity index (χ1v) is 20.8. The summed E-state index contributed by atoms with van der Waals surface area (Å²) in [6, 6.07) is 29.3. The Morgan fingerprint density at radius 1 is 0.812 bits per heavy atom. The molecule has 1 aliphatic rings. The van der Waals surface area contributed by atoms with Gasteiger partial charge in [0.1, 0.15) is 0 Å². The Labute approximate surface area is 301 Å².